The summed E-state index contributed by atoms with van der Waals surface area (Å²) in [5, 5.41) is 3.77. The van der Waals surface area contributed by atoms with Gasteiger partial charge >= 0.3 is 0 Å². The van der Waals surface area contributed by atoms with Gasteiger partial charge < -0.3 is 10.1 Å². The van der Waals surface area contributed by atoms with Crippen molar-refractivity contribution in [2.24, 2.45) is 5.92 Å². The first-order valence-corrected chi connectivity index (χ1v) is 7.83. The summed E-state index contributed by atoms with van der Waals surface area (Å²) in [6.45, 7) is 11.3. The average molecular weight is 254 g/mol. The Morgan fingerprint density at radius 1 is 1.28 bits per heavy atom. The lowest BCUT2D eigenvalue weighted by Gasteiger charge is -2.47. The molecule has 0 aromatic heterocycles. The van der Waals surface area contributed by atoms with Crippen molar-refractivity contribution in [3.63, 3.8) is 0 Å². The summed E-state index contributed by atoms with van der Waals surface area (Å²) < 4.78 is 5.51. The molecule has 0 aromatic rings. The summed E-state index contributed by atoms with van der Waals surface area (Å²) in [6, 6.07) is 2.17. The molecule has 2 aliphatic heterocycles. The zero-order chi connectivity index (χ0) is 13.0. The maximum atomic E-state index is 5.51. The smallest absolute Gasteiger partial charge is 0.0480 e. The third kappa shape index (κ3) is 3.25. The van der Waals surface area contributed by atoms with Crippen LogP contribution in [0.1, 0.15) is 46.5 Å². The van der Waals surface area contributed by atoms with E-state index in [0.717, 1.165) is 31.2 Å². The molecule has 3 atom stereocenters. The van der Waals surface area contributed by atoms with Crippen LogP contribution in [-0.4, -0.2) is 49.3 Å². The van der Waals surface area contributed by atoms with E-state index in [9.17, 15) is 0 Å². The Morgan fingerprint density at radius 3 is 2.61 bits per heavy atom. The first-order valence-electron chi connectivity index (χ1n) is 7.83. The topological polar surface area (TPSA) is 24.5 Å². The highest BCUT2D eigenvalue weighted by molar-refractivity contribution is 4.91. The van der Waals surface area contributed by atoms with Gasteiger partial charge in [0.1, 0.15) is 0 Å². The fourth-order valence-corrected chi connectivity index (χ4v) is 3.35. The van der Waals surface area contributed by atoms with Crippen LogP contribution in [-0.2, 0) is 4.74 Å². The van der Waals surface area contributed by atoms with Crippen molar-refractivity contribution in [2.75, 3.05) is 26.3 Å². The van der Waals surface area contributed by atoms with Crippen LogP contribution in [0.25, 0.3) is 0 Å². The highest BCUT2D eigenvalue weighted by Gasteiger charge is 2.33. The molecule has 0 radical (unpaired) electrons. The van der Waals surface area contributed by atoms with E-state index in [1.54, 1.807) is 0 Å². The van der Waals surface area contributed by atoms with Gasteiger partial charge in [-0.2, -0.15) is 0 Å². The van der Waals surface area contributed by atoms with E-state index < -0.39 is 0 Å². The molecular weight excluding hydrogens is 224 g/mol. The van der Waals surface area contributed by atoms with Crippen LogP contribution in [0.3, 0.4) is 0 Å². The molecule has 2 fully saturated rings. The van der Waals surface area contributed by atoms with Crippen molar-refractivity contribution < 1.29 is 4.74 Å². The van der Waals surface area contributed by atoms with Crippen LogP contribution >= 0.6 is 0 Å². The molecule has 106 valence electrons. The summed E-state index contributed by atoms with van der Waals surface area (Å²) in [5.41, 5.74) is 0. The van der Waals surface area contributed by atoms with Gasteiger partial charge in [0.2, 0.25) is 0 Å². The third-order valence-corrected chi connectivity index (χ3v) is 4.95. The molecule has 1 N–H and O–H groups in total. The first kappa shape index (κ1) is 14.3. The Kier molecular flexibility index (Phi) is 5.46. The molecule has 0 saturated carbocycles. The summed E-state index contributed by atoms with van der Waals surface area (Å²) in [5.74, 6) is 0.783. The third-order valence-electron chi connectivity index (χ3n) is 4.95. The molecule has 3 nitrogen and oxygen atoms in total. The van der Waals surface area contributed by atoms with Gasteiger partial charge in [0.05, 0.1) is 0 Å². The summed E-state index contributed by atoms with van der Waals surface area (Å²) >= 11 is 0. The lowest BCUT2D eigenvalue weighted by molar-refractivity contribution is -0.00541. The van der Waals surface area contributed by atoms with Crippen molar-refractivity contribution in [3.05, 3.63) is 0 Å². The highest BCUT2D eigenvalue weighted by Crippen LogP contribution is 2.24. The predicted molar refractivity (Wildman–Crippen MR) is 75.9 cm³/mol. The zero-order valence-electron chi connectivity index (χ0n) is 12.3. The molecule has 0 aliphatic carbocycles. The minimum absolute atomic E-state index is 0.681. The van der Waals surface area contributed by atoms with E-state index in [-0.39, 0.29) is 0 Å². The molecule has 2 rings (SSSR count). The second-order valence-corrected chi connectivity index (χ2v) is 6.00. The van der Waals surface area contributed by atoms with Crippen molar-refractivity contribution in [1.82, 2.24) is 10.2 Å². The molecule has 3 heteroatoms. The van der Waals surface area contributed by atoms with Crippen LogP contribution in [0, 0.1) is 5.92 Å². The normalized spacial score (nSPS) is 33.5. The Morgan fingerprint density at radius 2 is 2.00 bits per heavy atom. The van der Waals surface area contributed by atoms with E-state index in [1.165, 1.54) is 38.8 Å². The van der Waals surface area contributed by atoms with Gasteiger partial charge in [-0.25, -0.2) is 0 Å². The summed E-state index contributed by atoms with van der Waals surface area (Å²) in [6.07, 6.45) is 4.99. The van der Waals surface area contributed by atoms with Crippen molar-refractivity contribution in [3.8, 4) is 0 Å². The zero-order valence-corrected chi connectivity index (χ0v) is 12.3. The SMILES string of the molecule is CCC(C)C1CN(C2CCOCC2)C(CC)CN1. The Bertz CT molecular complexity index is 241. The number of nitrogens with one attached hydrogen (secondary N) is 1. The first-order chi connectivity index (χ1) is 8.76. The van der Waals surface area contributed by atoms with Crippen LogP contribution < -0.4 is 5.32 Å². The van der Waals surface area contributed by atoms with E-state index in [1.807, 2.05) is 0 Å². The lowest BCUT2D eigenvalue weighted by Crippen LogP contribution is -2.61. The minimum atomic E-state index is 0.681. The number of rotatable bonds is 4. The number of hydrogen-bond donors (Lipinski definition) is 1. The van der Waals surface area contributed by atoms with Gasteiger partial charge in [-0.05, 0) is 25.2 Å². The predicted octanol–water partition coefficient (Wildman–Crippen LogP) is 2.26. The van der Waals surface area contributed by atoms with Gasteiger partial charge in [-0.3, -0.25) is 4.90 Å². The van der Waals surface area contributed by atoms with Crippen LogP contribution in [0.5, 0.6) is 0 Å². The number of nitrogens with zero attached hydrogens (tertiary/aromatic N) is 1. The van der Waals surface area contributed by atoms with E-state index in [4.69, 9.17) is 4.74 Å². The van der Waals surface area contributed by atoms with Gasteiger partial charge in [-0.15, -0.1) is 0 Å². The van der Waals surface area contributed by atoms with Crippen molar-refractivity contribution >= 4 is 0 Å². The quantitative estimate of drug-likeness (QED) is 0.833. The van der Waals surface area contributed by atoms with Crippen molar-refractivity contribution in [1.29, 1.82) is 0 Å². The molecule has 0 aromatic carbocycles. The fourth-order valence-electron chi connectivity index (χ4n) is 3.35. The van der Waals surface area contributed by atoms with E-state index in [2.05, 4.69) is 31.0 Å². The minimum Gasteiger partial charge on any atom is -0.381 e. The van der Waals surface area contributed by atoms with E-state index >= 15 is 0 Å². The number of ether oxygens (including phenoxy) is 1. The Balaban J connectivity index is 1.98. The second kappa shape index (κ2) is 6.88. The number of piperazine rings is 1. The summed E-state index contributed by atoms with van der Waals surface area (Å²) in [7, 11) is 0. The highest BCUT2D eigenvalue weighted by atomic mass is 16.5. The Labute approximate surface area is 112 Å². The maximum absolute atomic E-state index is 5.51. The standard InChI is InChI=1S/C15H30N2O/c1-4-12(3)15-11-17(13(5-2)10-16-15)14-6-8-18-9-7-14/h12-16H,4-11H2,1-3H3. The molecule has 2 saturated heterocycles. The van der Waals surface area contributed by atoms with E-state index in [0.29, 0.717) is 6.04 Å². The molecule has 2 heterocycles. The molecule has 0 bridgehead atoms. The van der Waals surface area contributed by atoms with Crippen LogP contribution in [0.15, 0.2) is 0 Å². The number of hydrogen-bond acceptors (Lipinski definition) is 3. The second-order valence-electron chi connectivity index (χ2n) is 6.00. The fraction of sp³-hybridized carbons (Fsp3) is 1.00. The molecule has 2 aliphatic rings. The summed E-state index contributed by atoms with van der Waals surface area (Å²) in [4.78, 5) is 2.79. The Hall–Kier alpha value is -0.120. The molecule has 3 unspecified atom stereocenters. The maximum Gasteiger partial charge on any atom is 0.0480 e. The largest absolute Gasteiger partial charge is 0.381 e. The average Bonchev–Trinajstić information content (AvgIpc) is 2.46. The van der Waals surface area contributed by atoms with Gasteiger partial charge in [0.25, 0.3) is 0 Å². The molecular formula is C15H30N2O. The molecule has 0 amide bonds. The lowest BCUT2D eigenvalue weighted by atomic mass is 9.92. The molecule has 0 spiro atoms. The van der Waals surface area contributed by atoms with Gasteiger partial charge in [0, 0.05) is 44.4 Å². The van der Waals surface area contributed by atoms with Crippen LogP contribution in [0.2, 0.25) is 0 Å². The monoisotopic (exact) mass is 254 g/mol. The molecule has 18 heavy (non-hydrogen) atoms. The van der Waals surface area contributed by atoms with Gasteiger partial charge in [0.15, 0.2) is 0 Å². The van der Waals surface area contributed by atoms with Crippen LogP contribution in [0.4, 0.5) is 0 Å². The van der Waals surface area contributed by atoms with Crippen molar-refractivity contribution in [2.45, 2.75) is 64.6 Å². The van der Waals surface area contributed by atoms with Gasteiger partial charge in [-0.1, -0.05) is 27.2 Å².